The lowest BCUT2D eigenvalue weighted by Gasteiger charge is -2.46. The number of hydrogen-bond acceptors (Lipinski definition) is 1. The average Bonchev–Trinajstić information content (AvgIpc) is 2.08. The van der Waals surface area contributed by atoms with Crippen molar-refractivity contribution in [2.75, 3.05) is 6.66 Å². The minimum Gasteiger partial charge on any atom is -0.251 e. The van der Waals surface area contributed by atoms with Gasteiger partial charge in [-0.15, -0.1) is 0 Å². The minimum absolute atomic E-state index is 0.299. The molecule has 0 aliphatic rings. The van der Waals surface area contributed by atoms with Gasteiger partial charge in [0.15, 0.2) is 0 Å². The third-order valence-corrected chi connectivity index (χ3v) is 10.1. The van der Waals surface area contributed by atoms with Crippen LogP contribution in [0.4, 0.5) is 0 Å². The van der Waals surface area contributed by atoms with Gasteiger partial charge in [-0.3, -0.25) is 4.90 Å². The van der Waals surface area contributed by atoms with Crippen molar-refractivity contribution < 1.29 is 0 Å². The lowest BCUT2D eigenvalue weighted by atomic mass is 10.2. The monoisotopic (exact) mass is 272 g/mol. The highest BCUT2D eigenvalue weighted by molar-refractivity contribution is 7.79. The lowest BCUT2D eigenvalue weighted by molar-refractivity contribution is 0.239. The van der Waals surface area contributed by atoms with Crippen LogP contribution in [0.25, 0.3) is 0 Å². The van der Waals surface area contributed by atoms with Gasteiger partial charge in [-0.25, -0.2) is 0 Å². The lowest BCUT2D eigenvalue weighted by Crippen LogP contribution is -2.42. The first-order valence-electron chi connectivity index (χ1n) is 7.17. The second kappa shape index (κ2) is 5.80. The Morgan fingerprint density at radius 2 is 1.06 bits per heavy atom. The molecule has 0 aliphatic carbocycles. The molecule has 1 nitrogen and oxygen atoms in total. The van der Waals surface area contributed by atoms with Gasteiger partial charge in [-0.1, -0.05) is 0 Å². The van der Waals surface area contributed by atoms with Crippen LogP contribution in [-0.2, 0) is 0 Å². The van der Waals surface area contributed by atoms with Gasteiger partial charge in [0, 0.05) is 12.1 Å². The zero-order valence-corrected chi connectivity index (χ0v) is 15.4. The molecule has 2 heteroatoms. The molecule has 18 heavy (non-hydrogen) atoms. The summed E-state index contributed by atoms with van der Waals surface area (Å²) in [5.74, 6) is 0. The van der Waals surface area contributed by atoms with Gasteiger partial charge in [0.25, 0.3) is 6.29 Å². The maximum Gasteiger partial charge on any atom is 0.250 e. The van der Waals surface area contributed by atoms with Crippen LogP contribution in [-0.4, -0.2) is 34.0 Å². The van der Waals surface area contributed by atoms with Crippen LogP contribution in [0.15, 0.2) is 0 Å². The maximum absolute atomic E-state index is 3.95. The van der Waals surface area contributed by atoms with Gasteiger partial charge in [-0.2, -0.15) is 0 Å². The van der Waals surface area contributed by atoms with E-state index in [9.17, 15) is 0 Å². The average molecular weight is 272 g/mol. The molecule has 0 spiro atoms. The normalized spacial score (nSPS) is 15.0. The van der Waals surface area contributed by atoms with Gasteiger partial charge < -0.3 is 0 Å². The highest BCUT2D eigenvalue weighted by atomic mass is 31.2. The molecule has 108 valence electrons. The summed E-state index contributed by atoms with van der Waals surface area (Å²) in [6.45, 7) is 25.8. The molecule has 0 saturated carbocycles. The fourth-order valence-electron chi connectivity index (χ4n) is 2.36. The topological polar surface area (TPSA) is 3.24 Å². The van der Waals surface area contributed by atoms with E-state index in [1.165, 1.54) is 0 Å². The molecule has 0 unspecified atom stereocenters. The third-order valence-electron chi connectivity index (χ3n) is 4.11. The Hall–Kier alpha value is 0.390. The van der Waals surface area contributed by atoms with Crippen molar-refractivity contribution in [2.24, 2.45) is 0 Å². The molecule has 0 N–H and O–H groups in total. The van der Waals surface area contributed by atoms with E-state index in [4.69, 9.17) is 0 Å². The Morgan fingerprint density at radius 3 is 1.22 bits per heavy atom. The Balaban J connectivity index is 5.39. The fraction of sp³-hybridized carbons (Fsp3) is 0.938. The van der Waals surface area contributed by atoms with Crippen LogP contribution in [0, 0.1) is 6.29 Å². The molecule has 0 heterocycles. The summed E-state index contributed by atoms with van der Waals surface area (Å²) >= 11 is 0. The van der Waals surface area contributed by atoms with Crippen LogP contribution in [0.1, 0.15) is 69.2 Å². The van der Waals surface area contributed by atoms with E-state index in [1.54, 1.807) is 0 Å². The molecule has 0 fully saturated rings. The van der Waals surface area contributed by atoms with Crippen molar-refractivity contribution in [1.29, 1.82) is 0 Å². The Bertz CT molecular complexity index is 233. The van der Waals surface area contributed by atoms with Crippen LogP contribution >= 0.6 is 7.26 Å². The second-order valence-corrected chi connectivity index (χ2v) is 12.9. The summed E-state index contributed by atoms with van der Waals surface area (Å²) in [5.41, 5.74) is 0. The molecule has 2 radical (unpaired) electrons. The van der Waals surface area contributed by atoms with Crippen LogP contribution in [0.2, 0.25) is 0 Å². The molecule has 0 amide bonds. The number of nitrogens with zero attached hydrogens (tertiary/aromatic N) is 1. The van der Waals surface area contributed by atoms with Crippen LogP contribution < -0.4 is 0 Å². The zero-order valence-electron chi connectivity index (χ0n) is 14.5. The molecule has 0 rings (SSSR count). The first kappa shape index (κ1) is 18.4. The Labute approximate surface area is 117 Å². The van der Waals surface area contributed by atoms with Gasteiger partial charge >= 0.3 is 0 Å². The van der Waals surface area contributed by atoms with Gasteiger partial charge in [0.05, 0.1) is 24.2 Å². The SMILES string of the molecule is CC(C)N([C][P+](C)(C(C)(C)C)C(C)(C)C)C(C)C. The van der Waals surface area contributed by atoms with Crippen molar-refractivity contribution in [1.82, 2.24) is 4.90 Å². The molecule has 0 aliphatic heterocycles. The quantitative estimate of drug-likeness (QED) is 0.493. The highest BCUT2D eigenvalue weighted by Crippen LogP contribution is 2.76. The van der Waals surface area contributed by atoms with E-state index < -0.39 is 7.26 Å². The van der Waals surface area contributed by atoms with Gasteiger partial charge in [0.2, 0.25) is 0 Å². The highest BCUT2D eigenvalue weighted by Gasteiger charge is 2.56. The third kappa shape index (κ3) is 3.94. The van der Waals surface area contributed by atoms with E-state index in [1.807, 2.05) is 0 Å². The number of rotatable bonds is 4. The van der Waals surface area contributed by atoms with Gasteiger partial charge in [-0.05, 0) is 69.2 Å². The zero-order chi connectivity index (χ0) is 14.9. The predicted molar refractivity (Wildman–Crippen MR) is 87.7 cm³/mol. The Kier molecular flexibility index (Phi) is 5.92. The molecule has 0 saturated heterocycles. The maximum atomic E-state index is 3.95. The smallest absolute Gasteiger partial charge is 0.250 e. The van der Waals surface area contributed by atoms with Crippen molar-refractivity contribution in [3.8, 4) is 0 Å². The molecule has 0 bridgehead atoms. The first-order chi connectivity index (χ1) is 7.74. The fourth-order valence-corrected chi connectivity index (χ4v) is 5.90. The van der Waals surface area contributed by atoms with E-state index in [-0.39, 0.29) is 0 Å². The Morgan fingerprint density at radius 1 is 0.778 bits per heavy atom. The summed E-state index contributed by atoms with van der Waals surface area (Å²) in [5, 5.41) is 0.598. The van der Waals surface area contributed by atoms with Gasteiger partial charge in [0.1, 0.15) is 0 Å². The van der Waals surface area contributed by atoms with Crippen LogP contribution in [0.3, 0.4) is 0 Å². The molecule has 0 aromatic carbocycles. The first-order valence-corrected chi connectivity index (χ1v) is 9.40. The minimum atomic E-state index is -1.32. The molecule has 0 aromatic rings. The largest absolute Gasteiger partial charge is 0.251 e. The standard InChI is InChI=1S/C16H35NP/c1-13(2)17(14(3)4)12-18(11,15(5,6)7)16(8,9)10/h13-14H,1-11H3/q+1. The number of hydrogen-bond donors (Lipinski definition) is 0. The van der Waals surface area contributed by atoms with E-state index >= 15 is 0 Å². The van der Waals surface area contributed by atoms with Crippen molar-refractivity contribution in [3.63, 3.8) is 0 Å². The molecular formula is C16H35NP+. The second-order valence-electron chi connectivity index (χ2n) is 8.04. The van der Waals surface area contributed by atoms with Crippen molar-refractivity contribution in [2.45, 2.75) is 91.6 Å². The van der Waals surface area contributed by atoms with Crippen molar-refractivity contribution >= 4 is 7.26 Å². The van der Waals surface area contributed by atoms with Crippen LogP contribution in [0.5, 0.6) is 0 Å². The van der Waals surface area contributed by atoms with E-state index in [0.29, 0.717) is 22.4 Å². The summed E-state index contributed by atoms with van der Waals surface area (Å²) in [7, 11) is -1.32. The van der Waals surface area contributed by atoms with E-state index in [2.05, 4.69) is 87.1 Å². The summed E-state index contributed by atoms with van der Waals surface area (Å²) in [6, 6.07) is 1.04. The molecule has 0 atom stereocenters. The summed E-state index contributed by atoms with van der Waals surface area (Å²) in [6.07, 6.45) is 3.95. The van der Waals surface area contributed by atoms with Crippen molar-refractivity contribution in [3.05, 3.63) is 6.29 Å². The predicted octanol–water partition coefficient (Wildman–Crippen LogP) is 5.35. The summed E-state index contributed by atoms with van der Waals surface area (Å²) < 4.78 is 0. The van der Waals surface area contributed by atoms with E-state index in [0.717, 1.165) is 0 Å². The molecule has 0 aromatic heterocycles. The summed E-state index contributed by atoms with van der Waals surface area (Å²) in [4.78, 5) is 2.43. The molecular weight excluding hydrogens is 237 g/mol.